The summed E-state index contributed by atoms with van der Waals surface area (Å²) < 4.78 is 41.7. The molecule has 5 nitrogen and oxygen atoms in total. The number of carbonyl (C=O) groups is 1. The third-order valence-electron chi connectivity index (χ3n) is 5.64. The van der Waals surface area contributed by atoms with Crippen molar-refractivity contribution in [3.8, 4) is 11.3 Å². The SMILES string of the molecule is O=C(NCC(O)CO)[C@H]1C[C@@H](c2c(-c3ccc(F)cc3)[nH]c3c(F)cc(F)cc32)C1. The number of hydrogen-bond acceptors (Lipinski definition) is 3. The number of hydrogen-bond donors (Lipinski definition) is 4. The molecule has 158 valence electrons. The van der Waals surface area contributed by atoms with Crippen LogP contribution in [0.25, 0.3) is 22.2 Å². The molecular weight excluding hydrogens is 397 g/mol. The van der Waals surface area contributed by atoms with Crippen LogP contribution < -0.4 is 5.32 Å². The molecule has 0 bridgehead atoms. The van der Waals surface area contributed by atoms with E-state index >= 15 is 0 Å². The highest BCUT2D eigenvalue weighted by atomic mass is 19.1. The van der Waals surface area contributed by atoms with Crippen LogP contribution in [0, 0.1) is 23.4 Å². The summed E-state index contributed by atoms with van der Waals surface area (Å²) in [5.74, 6) is -2.47. The summed E-state index contributed by atoms with van der Waals surface area (Å²) >= 11 is 0. The molecule has 0 spiro atoms. The highest BCUT2D eigenvalue weighted by Gasteiger charge is 2.38. The summed E-state index contributed by atoms with van der Waals surface area (Å²) in [5, 5.41) is 21.2. The molecule has 1 aromatic heterocycles. The van der Waals surface area contributed by atoms with Crippen molar-refractivity contribution in [3.05, 3.63) is 59.4 Å². The van der Waals surface area contributed by atoms with Crippen molar-refractivity contribution in [1.82, 2.24) is 10.3 Å². The minimum absolute atomic E-state index is 0.0408. The van der Waals surface area contributed by atoms with E-state index in [1.165, 1.54) is 18.2 Å². The first-order valence-corrected chi connectivity index (χ1v) is 9.70. The van der Waals surface area contributed by atoms with Crippen molar-refractivity contribution in [2.24, 2.45) is 5.92 Å². The standard InChI is InChI=1S/C22H21F3N2O3/c23-14-3-1-11(2-4-14)20-19(17-7-15(24)8-18(25)21(17)27-20)12-5-13(6-12)22(30)26-9-16(29)10-28/h1-4,7-8,12-13,16,27-29H,5-6,9-10H2,(H,26,30)/t12-,13+,16?. The third kappa shape index (κ3) is 3.80. The Morgan fingerprint density at radius 3 is 2.50 bits per heavy atom. The summed E-state index contributed by atoms with van der Waals surface area (Å²) in [6, 6.07) is 7.80. The lowest BCUT2D eigenvalue weighted by Crippen LogP contribution is -2.41. The van der Waals surface area contributed by atoms with Crippen molar-refractivity contribution < 1.29 is 28.2 Å². The van der Waals surface area contributed by atoms with Crippen LogP contribution in [0.15, 0.2) is 36.4 Å². The Bertz CT molecular complexity index is 1080. The van der Waals surface area contributed by atoms with Gasteiger partial charge in [0.15, 0.2) is 0 Å². The number of fused-ring (bicyclic) bond motifs is 1. The maximum absolute atomic E-state index is 14.4. The molecule has 1 heterocycles. The van der Waals surface area contributed by atoms with Gasteiger partial charge in [-0.3, -0.25) is 4.79 Å². The van der Waals surface area contributed by atoms with E-state index in [2.05, 4.69) is 10.3 Å². The largest absolute Gasteiger partial charge is 0.394 e. The zero-order chi connectivity index (χ0) is 21.4. The number of nitrogens with one attached hydrogen (secondary N) is 2. The van der Waals surface area contributed by atoms with E-state index in [1.807, 2.05) is 0 Å². The van der Waals surface area contributed by atoms with E-state index in [4.69, 9.17) is 5.11 Å². The lowest BCUT2D eigenvalue weighted by Gasteiger charge is -2.35. The summed E-state index contributed by atoms with van der Waals surface area (Å²) in [6.45, 7) is -0.484. The molecule has 0 aliphatic heterocycles. The van der Waals surface area contributed by atoms with Crippen LogP contribution >= 0.6 is 0 Å². The number of carbonyl (C=O) groups excluding carboxylic acids is 1. The fourth-order valence-electron chi connectivity index (χ4n) is 4.00. The second kappa shape index (κ2) is 8.12. The number of halogens is 3. The summed E-state index contributed by atoms with van der Waals surface area (Å²) in [5.41, 5.74) is 2.09. The molecule has 1 saturated carbocycles. The van der Waals surface area contributed by atoms with E-state index in [1.54, 1.807) is 12.1 Å². The number of aliphatic hydroxyl groups excluding tert-OH is 2. The molecule has 1 unspecified atom stereocenters. The molecular formula is C22H21F3N2O3. The Balaban J connectivity index is 1.64. The van der Waals surface area contributed by atoms with Gasteiger partial charge in [-0.15, -0.1) is 0 Å². The predicted octanol–water partition coefficient (Wildman–Crippen LogP) is 3.22. The summed E-state index contributed by atoms with van der Waals surface area (Å²) in [4.78, 5) is 15.3. The second-order valence-electron chi connectivity index (χ2n) is 7.68. The van der Waals surface area contributed by atoms with Gasteiger partial charge in [0.1, 0.15) is 17.5 Å². The molecule has 2 aromatic carbocycles. The quantitative estimate of drug-likeness (QED) is 0.496. The molecule has 0 saturated heterocycles. The summed E-state index contributed by atoms with van der Waals surface area (Å²) in [6.07, 6.45) is -0.0739. The predicted molar refractivity (Wildman–Crippen MR) is 105 cm³/mol. The lowest BCUT2D eigenvalue weighted by molar-refractivity contribution is -0.128. The van der Waals surface area contributed by atoms with Crippen LogP contribution in [0.5, 0.6) is 0 Å². The number of aromatic amines is 1. The van der Waals surface area contributed by atoms with Gasteiger partial charge >= 0.3 is 0 Å². The highest BCUT2D eigenvalue weighted by Crippen LogP contribution is 2.48. The molecule has 4 N–H and O–H groups in total. The first-order valence-electron chi connectivity index (χ1n) is 9.70. The Labute approximate surface area is 170 Å². The maximum atomic E-state index is 14.4. The van der Waals surface area contributed by atoms with Crippen molar-refractivity contribution in [3.63, 3.8) is 0 Å². The number of aliphatic hydroxyl groups is 2. The van der Waals surface area contributed by atoms with E-state index in [0.29, 0.717) is 35.0 Å². The molecule has 1 amide bonds. The van der Waals surface area contributed by atoms with Crippen LogP contribution in [0.4, 0.5) is 13.2 Å². The average Bonchev–Trinajstić information content (AvgIpc) is 3.05. The van der Waals surface area contributed by atoms with Gasteiger partial charge in [0.05, 0.1) is 23.9 Å². The van der Waals surface area contributed by atoms with Gasteiger partial charge in [0.25, 0.3) is 0 Å². The van der Waals surface area contributed by atoms with E-state index < -0.39 is 30.2 Å². The van der Waals surface area contributed by atoms with Crippen molar-refractivity contribution in [2.75, 3.05) is 13.2 Å². The van der Waals surface area contributed by atoms with Crippen molar-refractivity contribution >= 4 is 16.8 Å². The first kappa shape index (κ1) is 20.4. The van der Waals surface area contributed by atoms with Crippen molar-refractivity contribution in [2.45, 2.75) is 24.9 Å². The molecule has 30 heavy (non-hydrogen) atoms. The van der Waals surface area contributed by atoms with E-state index in [9.17, 15) is 23.1 Å². The van der Waals surface area contributed by atoms with Crippen molar-refractivity contribution in [1.29, 1.82) is 0 Å². The van der Waals surface area contributed by atoms with Crippen LogP contribution in [-0.2, 0) is 4.79 Å². The molecule has 1 aliphatic rings. The van der Waals surface area contributed by atoms with Gasteiger partial charge in [0, 0.05) is 23.9 Å². The van der Waals surface area contributed by atoms with Gasteiger partial charge in [-0.25, -0.2) is 13.2 Å². The Kier molecular flexibility index (Phi) is 5.53. The van der Waals surface area contributed by atoms with Gasteiger partial charge in [-0.1, -0.05) is 0 Å². The Morgan fingerprint density at radius 2 is 1.83 bits per heavy atom. The van der Waals surface area contributed by atoms with Gasteiger partial charge < -0.3 is 20.5 Å². The van der Waals surface area contributed by atoms with Gasteiger partial charge in [-0.05, 0) is 60.2 Å². The Hall–Kier alpha value is -2.84. The minimum atomic E-state index is -1.02. The topological polar surface area (TPSA) is 85.3 Å². The number of aromatic nitrogens is 1. The normalized spacial score (nSPS) is 19.5. The molecule has 0 radical (unpaired) electrons. The van der Waals surface area contributed by atoms with Crippen LogP contribution in [0.2, 0.25) is 0 Å². The fraction of sp³-hybridized carbons (Fsp3) is 0.318. The molecule has 1 fully saturated rings. The Morgan fingerprint density at radius 1 is 1.13 bits per heavy atom. The van der Waals surface area contributed by atoms with Gasteiger partial charge in [0.2, 0.25) is 5.91 Å². The van der Waals surface area contributed by atoms with E-state index in [0.717, 1.165) is 6.07 Å². The lowest BCUT2D eigenvalue weighted by atomic mass is 9.70. The number of benzene rings is 2. The molecule has 1 atom stereocenters. The maximum Gasteiger partial charge on any atom is 0.223 e. The number of H-pyrrole nitrogens is 1. The minimum Gasteiger partial charge on any atom is -0.394 e. The fourth-order valence-corrected chi connectivity index (χ4v) is 4.00. The second-order valence-corrected chi connectivity index (χ2v) is 7.68. The number of amides is 1. The van der Waals surface area contributed by atoms with Gasteiger partial charge in [-0.2, -0.15) is 0 Å². The van der Waals surface area contributed by atoms with E-state index in [-0.39, 0.29) is 29.8 Å². The average molecular weight is 418 g/mol. The van der Waals surface area contributed by atoms with Crippen LogP contribution in [0.3, 0.4) is 0 Å². The monoisotopic (exact) mass is 418 g/mol. The molecule has 3 aromatic rings. The molecule has 1 aliphatic carbocycles. The highest BCUT2D eigenvalue weighted by molar-refractivity contribution is 5.92. The number of rotatable bonds is 6. The zero-order valence-corrected chi connectivity index (χ0v) is 16.0. The smallest absolute Gasteiger partial charge is 0.223 e. The third-order valence-corrected chi connectivity index (χ3v) is 5.64. The molecule has 8 heteroatoms. The zero-order valence-electron chi connectivity index (χ0n) is 16.0. The summed E-state index contributed by atoms with van der Waals surface area (Å²) in [7, 11) is 0. The van der Waals surface area contributed by atoms with Crippen LogP contribution in [-0.4, -0.2) is 40.4 Å². The molecule has 4 rings (SSSR count). The first-order chi connectivity index (χ1) is 14.4. The van der Waals surface area contributed by atoms with Crippen LogP contribution in [0.1, 0.15) is 24.3 Å².